The van der Waals surface area contributed by atoms with Crippen molar-refractivity contribution in [3.63, 3.8) is 0 Å². The second-order valence-electron chi connectivity index (χ2n) is 2.93. The van der Waals surface area contributed by atoms with Crippen molar-refractivity contribution in [3.05, 3.63) is 0 Å². The summed E-state index contributed by atoms with van der Waals surface area (Å²) in [6.45, 7) is 2.38. The highest BCUT2D eigenvalue weighted by Crippen LogP contribution is 2.19. The molecule has 0 spiro atoms. The molecule has 2 atom stereocenters. The van der Waals surface area contributed by atoms with Gasteiger partial charge in [-0.25, -0.2) is 0 Å². The number of nitrogens with two attached hydrogens (primary N) is 1. The number of rotatable bonds is 0. The molecule has 2 N–H and O–H groups in total. The second kappa shape index (κ2) is 2.57. The highest BCUT2D eigenvalue weighted by atomic mass is 16.5. The number of ether oxygens (including phenoxy) is 1. The lowest BCUT2D eigenvalue weighted by molar-refractivity contribution is -0.000892. The quantitative estimate of drug-likeness (QED) is 0.530. The van der Waals surface area contributed by atoms with Crippen LogP contribution in [0.15, 0.2) is 0 Å². The number of nitriles is 1. The van der Waals surface area contributed by atoms with Crippen LogP contribution < -0.4 is 5.73 Å². The third kappa shape index (κ3) is 1.47. The van der Waals surface area contributed by atoms with Crippen molar-refractivity contribution in [3.8, 4) is 6.07 Å². The molecule has 2 unspecified atom stereocenters. The zero-order chi connectivity index (χ0) is 7.61. The van der Waals surface area contributed by atoms with Crippen LogP contribution in [0, 0.1) is 11.3 Å². The van der Waals surface area contributed by atoms with Gasteiger partial charge in [-0.05, 0) is 19.8 Å². The van der Waals surface area contributed by atoms with Crippen molar-refractivity contribution >= 4 is 0 Å². The third-order valence-corrected chi connectivity index (χ3v) is 1.85. The molecule has 0 aliphatic carbocycles. The molecule has 0 aromatic heterocycles. The third-order valence-electron chi connectivity index (χ3n) is 1.85. The van der Waals surface area contributed by atoms with Crippen LogP contribution in [0.25, 0.3) is 0 Å². The molecule has 0 saturated carbocycles. The molecule has 0 bridgehead atoms. The fourth-order valence-electron chi connectivity index (χ4n) is 0.995. The van der Waals surface area contributed by atoms with Gasteiger partial charge in [-0.2, -0.15) is 5.26 Å². The molecule has 0 radical (unpaired) electrons. The number of hydrogen-bond donors (Lipinski definition) is 1. The Labute approximate surface area is 60.8 Å². The minimum atomic E-state index is -0.716. The van der Waals surface area contributed by atoms with Gasteiger partial charge in [0, 0.05) is 0 Å². The van der Waals surface area contributed by atoms with E-state index in [0.29, 0.717) is 6.61 Å². The smallest absolute Gasteiger partial charge is 0.127 e. The average molecular weight is 140 g/mol. The van der Waals surface area contributed by atoms with Gasteiger partial charge in [0.1, 0.15) is 5.54 Å². The van der Waals surface area contributed by atoms with E-state index >= 15 is 0 Å². The summed E-state index contributed by atoms with van der Waals surface area (Å²) in [6, 6.07) is 2.05. The molecule has 3 nitrogen and oxygen atoms in total. The fourth-order valence-corrected chi connectivity index (χ4v) is 0.995. The van der Waals surface area contributed by atoms with Crippen LogP contribution in [0.1, 0.15) is 19.8 Å². The first-order valence-corrected chi connectivity index (χ1v) is 3.48. The molecular formula is C7H12N2O. The SMILES string of the molecule is CC1CCC(N)(C#N)CO1. The summed E-state index contributed by atoms with van der Waals surface area (Å²) in [5.41, 5.74) is 4.92. The summed E-state index contributed by atoms with van der Waals surface area (Å²) in [5, 5.41) is 8.58. The predicted octanol–water partition coefficient (Wildman–Crippen LogP) is 0.406. The van der Waals surface area contributed by atoms with E-state index in [-0.39, 0.29) is 6.10 Å². The van der Waals surface area contributed by atoms with E-state index in [1.807, 2.05) is 6.92 Å². The Morgan fingerprint density at radius 1 is 1.80 bits per heavy atom. The molecule has 1 heterocycles. The lowest BCUT2D eigenvalue weighted by Crippen LogP contribution is -2.47. The molecule has 1 rings (SSSR count). The fraction of sp³-hybridized carbons (Fsp3) is 0.857. The Kier molecular flexibility index (Phi) is 1.93. The van der Waals surface area contributed by atoms with Gasteiger partial charge in [0.2, 0.25) is 0 Å². The molecule has 0 aromatic carbocycles. The molecule has 10 heavy (non-hydrogen) atoms. The van der Waals surface area contributed by atoms with Crippen molar-refractivity contribution in [1.82, 2.24) is 0 Å². The van der Waals surface area contributed by atoms with Gasteiger partial charge in [0.15, 0.2) is 0 Å². The van der Waals surface area contributed by atoms with Crippen molar-refractivity contribution in [2.24, 2.45) is 5.73 Å². The zero-order valence-corrected chi connectivity index (χ0v) is 6.13. The van der Waals surface area contributed by atoms with Crippen LogP contribution in [0.4, 0.5) is 0 Å². The first kappa shape index (κ1) is 7.52. The number of hydrogen-bond acceptors (Lipinski definition) is 3. The molecule has 3 heteroatoms. The van der Waals surface area contributed by atoms with Gasteiger partial charge in [0.25, 0.3) is 0 Å². The van der Waals surface area contributed by atoms with Gasteiger partial charge in [0.05, 0.1) is 18.8 Å². The Hall–Kier alpha value is -0.590. The largest absolute Gasteiger partial charge is 0.375 e. The van der Waals surface area contributed by atoms with Crippen LogP contribution in [0.3, 0.4) is 0 Å². The van der Waals surface area contributed by atoms with E-state index in [4.69, 9.17) is 15.7 Å². The Morgan fingerprint density at radius 2 is 2.50 bits per heavy atom. The molecule has 0 amide bonds. The van der Waals surface area contributed by atoms with Crippen LogP contribution in [-0.2, 0) is 4.74 Å². The minimum Gasteiger partial charge on any atom is -0.375 e. The molecule has 1 aliphatic rings. The Morgan fingerprint density at radius 3 is 2.90 bits per heavy atom. The maximum atomic E-state index is 8.58. The maximum Gasteiger partial charge on any atom is 0.127 e. The standard InChI is InChI=1S/C7H12N2O/c1-6-2-3-7(9,4-8)5-10-6/h6H,2-3,5,9H2,1H3. The summed E-state index contributed by atoms with van der Waals surface area (Å²) in [7, 11) is 0. The molecule has 56 valence electrons. The second-order valence-corrected chi connectivity index (χ2v) is 2.93. The van der Waals surface area contributed by atoms with E-state index in [1.54, 1.807) is 0 Å². The van der Waals surface area contributed by atoms with E-state index in [9.17, 15) is 0 Å². The van der Waals surface area contributed by atoms with E-state index in [0.717, 1.165) is 12.8 Å². The van der Waals surface area contributed by atoms with Gasteiger partial charge in [-0.15, -0.1) is 0 Å². The minimum absolute atomic E-state index is 0.269. The lowest BCUT2D eigenvalue weighted by atomic mass is 9.93. The summed E-state index contributed by atoms with van der Waals surface area (Å²) < 4.78 is 5.24. The van der Waals surface area contributed by atoms with E-state index in [1.165, 1.54) is 0 Å². The first-order valence-electron chi connectivity index (χ1n) is 3.48. The van der Waals surface area contributed by atoms with Crippen molar-refractivity contribution in [1.29, 1.82) is 5.26 Å². The normalized spacial score (nSPS) is 40.7. The van der Waals surface area contributed by atoms with E-state index in [2.05, 4.69) is 6.07 Å². The Bertz CT molecular complexity index is 153. The highest BCUT2D eigenvalue weighted by Gasteiger charge is 2.30. The highest BCUT2D eigenvalue weighted by molar-refractivity contribution is 5.06. The predicted molar refractivity (Wildman–Crippen MR) is 37.2 cm³/mol. The maximum absolute atomic E-state index is 8.58. The lowest BCUT2D eigenvalue weighted by Gasteiger charge is -2.30. The number of nitrogens with zero attached hydrogens (tertiary/aromatic N) is 1. The van der Waals surface area contributed by atoms with Crippen molar-refractivity contribution in [2.75, 3.05) is 6.61 Å². The molecule has 1 aliphatic heterocycles. The van der Waals surface area contributed by atoms with Gasteiger partial charge in [-0.1, -0.05) is 0 Å². The first-order chi connectivity index (χ1) is 4.66. The van der Waals surface area contributed by atoms with Crippen LogP contribution >= 0.6 is 0 Å². The summed E-state index contributed by atoms with van der Waals surface area (Å²) >= 11 is 0. The van der Waals surface area contributed by atoms with Gasteiger partial charge in [-0.3, -0.25) is 0 Å². The van der Waals surface area contributed by atoms with Crippen LogP contribution in [-0.4, -0.2) is 18.2 Å². The van der Waals surface area contributed by atoms with Crippen LogP contribution in [0.2, 0.25) is 0 Å². The van der Waals surface area contributed by atoms with Gasteiger partial charge >= 0.3 is 0 Å². The Balaban J connectivity index is 2.48. The van der Waals surface area contributed by atoms with Crippen molar-refractivity contribution in [2.45, 2.75) is 31.4 Å². The van der Waals surface area contributed by atoms with Gasteiger partial charge < -0.3 is 10.5 Å². The summed E-state index contributed by atoms with van der Waals surface area (Å²) in [5.74, 6) is 0. The van der Waals surface area contributed by atoms with Crippen molar-refractivity contribution < 1.29 is 4.74 Å². The monoisotopic (exact) mass is 140 g/mol. The zero-order valence-electron chi connectivity index (χ0n) is 6.13. The average Bonchev–Trinajstić information content (AvgIpc) is 1.96. The van der Waals surface area contributed by atoms with Crippen LogP contribution in [0.5, 0.6) is 0 Å². The summed E-state index contributed by atoms with van der Waals surface area (Å²) in [6.07, 6.45) is 1.92. The van der Waals surface area contributed by atoms with E-state index < -0.39 is 5.54 Å². The summed E-state index contributed by atoms with van der Waals surface area (Å²) in [4.78, 5) is 0. The topological polar surface area (TPSA) is 59.0 Å². The molecule has 1 fully saturated rings. The molecule has 1 saturated heterocycles. The molecule has 0 aromatic rings. The molecular weight excluding hydrogens is 128 g/mol.